The fourth-order valence-corrected chi connectivity index (χ4v) is 3.68. The molecule has 0 atom stereocenters. The summed E-state index contributed by atoms with van der Waals surface area (Å²) in [6.07, 6.45) is 1.58. The van der Waals surface area contributed by atoms with Crippen molar-refractivity contribution in [3.8, 4) is 11.6 Å². The Hall–Kier alpha value is -3.39. The second-order valence-electron chi connectivity index (χ2n) is 6.51. The van der Waals surface area contributed by atoms with Crippen molar-refractivity contribution in [2.45, 2.75) is 18.2 Å². The van der Waals surface area contributed by atoms with Crippen molar-refractivity contribution in [2.75, 3.05) is 5.75 Å². The van der Waals surface area contributed by atoms with Gasteiger partial charge in [0.1, 0.15) is 5.82 Å². The molecule has 0 saturated heterocycles. The molecule has 4 rings (SSSR count). The summed E-state index contributed by atoms with van der Waals surface area (Å²) < 4.78 is 21.1. The third kappa shape index (κ3) is 4.77. The molecule has 0 aliphatic heterocycles. The van der Waals surface area contributed by atoms with Crippen LogP contribution in [0, 0.1) is 5.82 Å². The highest BCUT2D eigenvalue weighted by molar-refractivity contribution is 7.99. The molecule has 0 fully saturated rings. The molecule has 0 aliphatic carbocycles. The van der Waals surface area contributed by atoms with Gasteiger partial charge in [0.25, 0.3) is 0 Å². The molecule has 6 nitrogen and oxygen atoms in total. The molecular formula is C22H19FN4O2S. The summed E-state index contributed by atoms with van der Waals surface area (Å²) in [6, 6.07) is 19.9. The molecule has 0 unspecified atom stereocenters. The molecule has 0 radical (unpaired) electrons. The number of carbonyl (C=O) groups is 1. The second kappa shape index (κ2) is 9.41. The lowest BCUT2D eigenvalue weighted by atomic mass is 10.2. The van der Waals surface area contributed by atoms with Crippen LogP contribution in [0.2, 0.25) is 0 Å². The molecule has 2 aromatic carbocycles. The largest absolute Gasteiger partial charge is 0.461 e. The number of benzene rings is 2. The average molecular weight is 422 g/mol. The number of halogens is 1. The van der Waals surface area contributed by atoms with Crippen molar-refractivity contribution in [1.82, 2.24) is 20.1 Å². The molecule has 0 spiro atoms. The topological polar surface area (TPSA) is 73.0 Å². The highest BCUT2D eigenvalue weighted by atomic mass is 32.2. The number of nitrogens with zero attached hydrogens (tertiary/aromatic N) is 3. The molecule has 4 aromatic rings. The van der Waals surface area contributed by atoms with Crippen LogP contribution in [0.15, 0.2) is 82.6 Å². The molecule has 1 amide bonds. The number of rotatable bonds is 8. The fraction of sp³-hybridized carbons (Fsp3) is 0.136. The van der Waals surface area contributed by atoms with Crippen LogP contribution in [0.1, 0.15) is 11.1 Å². The first kappa shape index (κ1) is 19.9. The van der Waals surface area contributed by atoms with Gasteiger partial charge in [-0.3, -0.25) is 9.36 Å². The van der Waals surface area contributed by atoms with Gasteiger partial charge in [-0.2, -0.15) is 0 Å². The molecule has 0 aliphatic rings. The number of hydrogen-bond acceptors (Lipinski definition) is 5. The Bertz CT molecular complexity index is 1110. The van der Waals surface area contributed by atoms with Gasteiger partial charge in [0, 0.05) is 12.1 Å². The first-order valence-corrected chi connectivity index (χ1v) is 10.3. The van der Waals surface area contributed by atoms with Crippen molar-refractivity contribution in [2.24, 2.45) is 0 Å². The predicted octanol–water partition coefficient (Wildman–Crippen LogP) is 4.13. The first-order chi connectivity index (χ1) is 14.7. The van der Waals surface area contributed by atoms with Crippen molar-refractivity contribution >= 4 is 17.7 Å². The SMILES string of the molecule is O=C(CSc1nnc(-c2ccco2)n1Cc1ccccc1)NCc1ccccc1F. The van der Waals surface area contributed by atoms with E-state index in [0.717, 1.165) is 5.56 Å². The van der Waals surface area contributed by atoms with E-state index in [-0.39, 0.29) is 24.0 Å². The smallest absolute Gasteiger partial charge is 0.230 e. The van der Waals surface area contributed by atoms with Crippen LogP contribution in [0.25, 0.3) is 11.6 Å². The zero-order valence-corrected chi connectivity index (χ0v) is 16.8. The zero-order valence-electron chi connectivity index (χ0n) is 16.0. The van der Waals surface area contributed by atoms with Gasteiger partial charge in [-0.1, -0.05) is 60.3 Å². The van der Waals surface area contributed by atoms with Gasteiger partial charge >= 0.3 is 0 Å². The Balaban J connectivity index is 1.45. The van der Waals surface area contributed by atoms with Gasteiger partial charge < -0.3 is 9.73 Å². The monoisotopic (exact) mass is 422 g/mol. The van der Waals surface area contributed by atoms with Crippen LogP contribution < -0.4 is 5.32 Å². The maximum Gasteiger partial charge on any atom is 0.230 e. The van der Waals surface area contributed by atoms with Gasteiger partial charge in [0.2, 0.25) is 11.7 Å². The first-order valence-electron chi connectivity index (χ1n) is 9.34. The lowest BCUT2D eigenvalue weighted by molar-refractivity contribution is -0.118. The number of hydrogen-bond donors (Lipinski definition) is 1. The Morgan fingerprint density at radius 3 is 2.60 bits per heavy atom. The number of carbonyl (C=O) groups excluding carboxylic acids is 1. The van der Waals surface area contributed by atoms with Gasteiger partial charge in [0.15, 0.2) is 10.9 Å². The number of thioether (sulfide) groups is 1. The maximum absolute atomic E-state index is 13.7. The summed E-state index contributed by atoms with van der Waals surface area (Å²) in [5, 5.41) is 11.8. The van der Waals surface area contributed by atoms with Crippen molar-refractivity contribution in [3.63, 3.8) is 0 Å². The summed E-state index contributed by atoms with van der Waals surface area (Å²) in [7, 11) is 0. The average Bonchev–Trinajstić information content (AvgIpc) is 3.42. The molecular weight excluding hydrogens is 403 g/mol. The van der Waals surface area contributed by atoms with Gasteiger partial charge in [-0.25, -0.2) is 4.39 Å². The molecule has 30 heavy (non-hydrogen) atoms. The van der Waals surface area contributed by atoms with Crippen LogP contribution in [0.4, 0.5) is 4.39 Å². The van der Waals surface area contributed by atoms with Crippen LogP contribution in [-0.4, -0.2) is 26.4 Å². The zero-order chi connectivity index (χ0) is 20.8. The van der Waals surface area contributed by atoms with Crippen LogP contribution >= 0.6 is 11.8 Å². The maximum atomic E-state index is 13.7. The minimum atomic E-state index is -0.337. The Morgan fingerprint density at radius 1 is 1.03 bits per heavy atom. The third-order valence-electron chi connectivity index (χ3n) is 4.41. The van der Waals surface area contributed by atoms with Crippen LogP contribution in [-0.2, 0) is 17.9 Å². The highest BCUT2D eigenvalue weighted by Crippen LogP contribution is 2.25. The van der Waals surface area contributed by atoms with E-state index in [9.17, 15) is 9.18 Å². The van der Waals surface area contributed by atoms with Crippen molar-refractivity contribution < 1.29 is 13.6 Å². The lowest BCUT2D eigenvalue weighted by Crippen LogP contribution is -2.25. The van der Waals surface area contributed by atoms with Gasteiger partial charge in [0.05, 0.1) is 18.6 Å². The van der Waals surface area contributed by atoms with Crippen molar-refractivity contribution in [1.29, 1.82) is 0 Å². The van der Waals surface area contributed by atoms with E-state index in [1.54, 1.807) is 30.5 Å². The van der Waals surface area contributed by atoms with E-state index in [1.165, 1.54) is 17.8 Å². The summed E-state index contributed by atoms with van der Waals surface area (Å²) in [4.78, 5) is 12.3. The molecule has 152 valence electrons. The van der Waals surface area contributed by atoms with E-state index < -0.39 is 0 Å². The lowest BCUT2D eigenvalue weighted by Gasteiger charge is -2.10. The van der Waals surface area contributed by atoms with E-state index >= 15 is 0 Å². The number of aromatic nitrogens is 3. The third-order valence-corrected chi connectivity index (χ3v) is 5.37. The summed E-state index contributed by atoms with van der Waals surface area (Å²) >= 11 is 1.27. The summed E-state index contributed by atoms with van der Waals surface area (Å²) in [5.74, 6) is 0.792. The van der Waals surface area contributed by atoms with E-state index in [1.807, 2.05) is 41.0 Å². The normalized spacial score (nSPS) is 10.8. The number of amides is 1. The van der Waals surface area contributed by atoms with E-state index in [4.69, 9.17) is 4.42 Å². The molecule has 0 saturated carbocycles. The van der Waals surface area contributed by atoms with Gasteiger partial charge in [-0.15, -0.1) is 10.2 Å². The highest BCUT2D eigenvalue weighted by Gasteiger charge is 2.18. The minimum Gasteiger partial charge on any atom is -0.461 e. The van der Waals surface area contributed by atoms with E-state index in [0.29, 0.717) is 28.8 Å². The quantitative estimate of drug-likeness (QED) is 0.432. The van der Waals surface area contributed by atoms with E-state index in [2.05, 4.69) is 15.5 Å². The molecule has 1 N–H and O–H groups in total. The standard InChI is InChI=1S/C22H19FN4O2S/c23-18-10-5-4-9-17(18)13-24-20(28)15-30-22-26-25-21(19-11-6-12-29-19)27(22)14-16-7-2-1-3-8-16/h1-12H,13-15H2,(H,24,28). The van der Waals surface area contributed by atoms with Crippen LogP contribution in [0.3, 0.4) is 0 Å². The number of nitrogens with one attached hydrogen (secondary N) is 1. The molecule has 8 heteroatoms. The van der Waals surface area contributed by atoms with Gasteiger partial charge in [-0.05, 0) is 23.8 Å². The minimum absolute atomic E-state index is 0.138. The Labute approximate surface area is 177 Å². The summed E-state index contributed by atoms with van der Waals surface area (Å²) in [5.41, 5.74) is 1.53. The Morgan fingerprint density at radius 2 is 1.83 bits per heavy atom. The van der Waals surface area contributed by atoms with Crippen LogP contribution in [0.5, 0.6) is 0 Å². The summed E-state index contributed by atoms with van der Waals surface area (Å²) in [6.45, 7) is 0.684. The molecule has 0 bridgehead atoms. The molecule has 2 aromatic heterocycles. The fourth-order valence-electron chi connectivity index (χ4n) is 2.91. The van der Waals surface area contributed by atoms with Crippen molar-refractivity contribution in [3.05, 3.63) is 89.9 Å². The molecule has 2 heterocycles. The number of furan rings is 1. The Kier molecular flexibility index (Phi) is 6.24. The predicted molar refractivity (Wildman–Crippen MR) is 112 cm³/mol. The second-order valence-corrected chi connectivity index (χ2v) is 7.45.